The Morgan fingerprint density at radius 3 is 2.27 bits per heavy atom. The third-order valence-corrected chi connectivity index (χ3v) is 3.74. The molecular weight excluding hydrogens is 330 g/mol. The van der Waals surface area contributed by atoms with E-state index in [-0.39, 0.29) is 24.7 Å². The van der Waals surface area contributed by atoms with Gasteiger partial charge >= 0.3 is 0 Å². The van der Waals surface area contributed by atoms with E-state index in [1.165, 1.54) is 11.8 Å². The molecule has 26 heavy (non-hydrogen) atoms. The maximum atomic E-state index is 11.9. The molecule has 0 aliphatic carbocycles. The van der Waals surface area contributed by atoms with Gasteiger partial charge in [-0.05, 0) is 53.9 Å². The van der Waals surface area contributed by atoms with Crippen molar-refractivity contribution in [3.63, 3.8) is 0 Å². The van der Waals surface area contributed by atoms with Crippen LogP contribution in [0.25, 0.3) is 0 Å². The highest BCUT2D eigenvalue weighted by Crippen LogP contribution is 2.11. The Morgan fingerprint density at radius 2 is 1.65 bits per heavy atom. The van der Waals surface area contributed by atoms with E-state index in [0.717, 1.165) is 23.4 Å². The number of hydrazone groups is 1. The number of methoxy groups -OCH3 is 1. The number of ether oxygens (including phenoxy) is 1. The van der Waals surface area contributed by atoms with Gasteiger partial charge in [0, 0.05) is 18.5 Å². The van der Waals surface area contributed by atoms with Gasteiger partial charge in [0.1, 0.15) is 5.75 Å². The first kappa shape index (κ1) is 19.2. The molecule has 6 nitrogen and oxygen atoms in total. The second-order valence-corrected chi connectivity index (χ2v) is 5.66. The van der Waals surface area contributed by atoms with Crippen molar-refractivity contribution in [2.45, 2.75) is 26.2 Å². The van der Waals surface area contributed by atoms with Gasteiger partial charge in [0.2, 0.25) is 11.8 Å². The maximum absolute atomic E-state index is 11.9. The minimum Gasteiger partial charge on any atom is -0.497 e. The lowest BCUT2D eigenvalue weighted by Crippen LogP contribution is -2.20. The Kier molecular flexibility index (Phi) is 7.36. The quantitative estimate of drug-likeness (QED) is 0.565. The van der Waals surface area contributed by atoms with Crippen LogP contribution in [0.2, 0.25) is 0 Å². The summed E-state index contributed by atoms with van der Waals surface area (Å²) >= 11 is 0. The molecule has 0 unspecified atom stereocenters. The standard InChI is InChI=1S/C20H23N3O3/c1-3-15-4-8-17(9-5-15)22-19(24)12-13-20(25)23-21-14-16-6-10-18(26-2)11-7-16/h4-11,14H,3,12-13H2,1-2H3,(H,22,24)(H,23,25). The lowest BCUT2D eigenvalue weighted by Gasteiger charge is -2.05. The van der Waals surface area contributed by atoms with E-state index in [9.17, 15) is 9.59 Å². The zero-order valence-electron chi connectivity index (χ0n) is 15.0. The van der Waals surface area contributed by atoms with E-state index >= 15 is 0 Å². The fraction of sp³-hybridized carbons (Fsp3) is 0.250. The van der Waals surface area contributed by atoms with Gasteiger partial charge in [-0.25, -0.2) is 5.43 Å². The predicted octanol–water partition coefficient (Wildman–Crippen LogP) is 3.13. The van der Waals surface area contributed by atoms with E-state index in [1.807, 2.05) is 36.4 Å². The van der Waals surface area contributed by atoms with Crippen molar-refractivity contribution in [3.8, 4) is 5.75 Å². The molecule has 0 atom stereocenters. The van der Waals surface area contributed by atoms with Gasteiger partial charge in [-0.1, -0.05) is 19.1 Å². The average molecular weight is 353 g/mol. The third kappa shape index (κ3) is 6.39. The summed E-state index contributed by atoms with van der Waals surface area (Å²) in [5, 5.41) is 6.65. The van der Waals surface area contributed by atoms with E-state index in [2.05, 4.69) is 22.8 Å². The fourth-order valence-electron chi connectivity index (χ4n) is 2.20. The number of nitrogens with zero attached hydrogens (tertiary/aromatic N) is 1. The first-order valence-electron chi connectivity index (χ1n) is 8.45. The number of nitrogens with one attached hydrogen (secondary N) is 2. The van der Waals surface area contributed by atoms with Crippen molar-refractivity contribution in [1.29, 1.82) is 0 Å². The Morgan fingerprint density at radius 1 is 1.00 bits per heavy atom. The van der Waals surface area contributed by atoms with Crippen molar-refractivity contribution in [1.82, 2.24) is 5.43 Å². The van der Waals surface area contributed by atoms with Gasteiger partial charge in [0.05, 0.1) is 13.3 Å². The summed E-state index contributed by atoms with van der Waals surface area (Å²) in [4.78, 5) is 23.6. The summed E-state index contributed by atoms with van der Waals surface area (Å²) in [6.45, 7) is 2.07. The number of rotatable bonds is 8. The highest BCUT2D eigenvalue weighted by molar-refractivity contribution is 5.93. The highest BCUT2D eigenvalue weighted by Gasteiger charge is 2.06. The molecule has 2 rings (SSSR count). The van der Waals surface area contributed by atoms with Gasteiger partial charge < -0.3 is 10.1 Å². The molecule has 0 heterocycles. The molecule has 0 spiro atoms. The van der Waals surface area contributed by atoms with E-state index in [4.69, 9.17) is 4.74 Å². The molecule has 0 aliphatic heterocycles. The van der Waals surface area contributed by atoms with Crippen molar-refractivity contribution in [2.24, 2.45) is 5.10 Å². The third-order valence-electron chi connectivity index (χ3n) is 3.74. The Labute approximate surface area is 153 Å². The molecule has 2 aromatic rings. The van der Waals surface area contributed by atoms with Crippen LogP contribution in [-0.2, 0) is 16.0 Å². The molecule has 0 aromatic heterocycles. The van der Waals surface area contributed by atoms with Gasteiger partial charge in [0.15, 0.2) is 0 Å². The van der Waals surface area contributed by atoms with Crippen molar-refractivity contribution < 1.29 is 14.3 Å². The van der Waals surface area contributed by atoms with Crippen LogP contribution < -0.4 is 15.5 Å². The first-order chi connectivity index (χ1) is 12.6. The zero-order valence-corrected chi connectivity index (χ0v) is 15.0. The van der Waals surface area contributed by atoms with Crippen LogP contribution in [-0.4, -0.2) is 25.1 Å². The van der Waals surface area contributed by atoms with Crippen LogP contribution in [0.15, 0.2) is 53.6 Å². The van der Waals surface area contributed by atoms with Crippen molar-refractivity contribution in [3.05, 3.63) is 59.7 Å². The summed E-state index contributed by atoms with van der Waals surface area (Å²) in [6.07, 6.45) is 2.65. The predicted molar refractivity (Wildman–Crippen MR) is 102 cm³/mol. The first-order valence-corrected chi connectivity index (χ1v) is 8.45. The van der Waals surface area contributed by atoms with Gasteiger partial charge in [-0.15, -0.1) is 0 Å². The van der Waals surface area contributed by atoms with E-state index < -0.39 is 0 Å². The Balaban J connectivity index is 1.71. The molecule has 2 amide bonds. The van der Waals surface area contributed by atoms with Gasteiger partial charge in [-0.2, -0.15) is 5.10 Å². The van der Waals surface area contributed by atoms with Crippen LogP contribution in [0, 0.1) is 0 Å². The molecule has 0 saturated heterocycles. The number of carbonyl (C=O) groups excluding carboxylic acids is 2. The molecule has 2 N–H and O–H groups in total. The zero-order chi connectivity index (χ0) is 18.8. The largest absolute Gasteiger partial charge is 0.497 e. The summed E-state index contributed by atoms with van der Waals surface area (Å²) < 4.78 is 5.07. The highest BCUT2D eigenvalue weighted by atomic mass is 16.5. The smallest absolute Gasteiger partial charge is 0.240 e. The van der Waals surface area contributed by atoms with Crippen molar-refractivity contribution in [2.75, 3.05) is 12.4 Å². The van der Waals surface area contributed by atoms with Crippen molar-refractivity contribution >= 4 is 23.7 Å². The molecule has 0 fully saturated rings. The monoisotopic (exact) mass is 353 g/mol. The lowest BCUT2D eigenvalue weighted by atomic mass is 10.1. The summed E-state index contributed by atoms with van der Waals surface area (Å²) in [7, 11) is 1.60. The van der Waals surface area contributed by atoms with Gasteiger partial charge in [-0.3, -0.25) is 9.59 Å². The second-order valence-electron chi connectivity index (χ2n) is 5.66. The number of benzene rings is 2. The molecule has 0 aliphatic rings. The van der Waals surface area contributed by atoms with Gasteiger partial charge in [0.25, 0.3) is 0 Å². The SMILES string of the molecule is CCc1ccc(NC(=O)CCC(=O)NN=Cc2ccc(OC)cc2)cc1. The number of carbonyl (C=O) groups is 2. The van der Waals surface area contributed by atoms with Crippen LogP contribution in [0.1, 0.15) is 30.9 Å². The van der Waals surface area contributed by atoms with E-state index in [1.54, 1.807) is 19.2 Å². The summed E-state index contributed by atoms with van der Waals surface area (Å²) in [5.41, 5.74) is 5.18. The molecule has 6 heteroatoms. The maximum Gasteiger partial charge on any atom is 0.240 e. The molecule has 0 saturated carbocycles. The van der Waals surface area contributed by atoms with E-state index in [0.29, 0.717) is 0 Å². The molecule has 2 aromatic carbocycles. The Hall–Kier alpha value is -3.15. The molecule has 0 bridgehead atoms. The number of amides is 2. The van der Waals surface area contributed by atoms with Crippen LogP contribution >= 0.6 is 0 Å². The Bertz CT molecular complexity index is 753. The molecule has 136 valence electrons. The van der Waals surface area contributed by atoms with Crippen LogP contribution in [0.3, 0.4) is 0 Å². The molecular formula is C20H23N3O3. The minimum absolute atomic E-state index is 0.0683. The average Bonchev–Trinajstić information content (AvgIpc) is 2.67. The number of anilines is 1. The second kappa shape index (κ2) is 9.98. The number of hydrogen-bond donors (Lipinski definition) is 2. The summed E-state index contributed by atoms with van der Waals surface area (Å²) in [5.74, 6) is 0.233. The van der Waals surface area contributed by atoms with Crippen LogP contribution in [0.5, 0.6) is 5.75 Å². The topological polar surface area (TPSA) is 79.8 Å². The minimum atomic E-state index is -0.314. The number of aryl methyl sites for hydroxylation is 1. The molecule has 0 radical (unpaired) electrons. The number of hydrogen-bond acceptors (Lipinski definition) is 4. The fourth-order valence-corrected chi connectivity index (χ4v) is 2.20. The van der Waals surface area contributed by atoms with Crippen LogP contribution in [0.4, 0.5) is 5.69 Å². The lowest BCUT2D eigenvalue weighted by molar-refractivity contribution is -0.124. The normalized spacial score (nSPS) is 10.5. The summed E-state index contributed by atoms with van der Waals surface area (Å²) in [6, 6.07) is 14.9.